The number of aliphatic hydroxyl groups is 1. The molecule has 0 spiro atoms. The van der Waals surface area contributed by atoms with E-state index in [0.717, 1.165) is 4.47 Å². The molecule has 0 aromatic carbocycles. The van der Waals surface area contributed by atoms with Gasteiger partial charge in [0.15, 0.2) is 0 Å². The Morgan fingerprint density at radius 1 is 1.38 bits per heavy atom. The monoisotopic (exact) mass is 287 g/mol. The van der Waals surface area contributed by atoms with Crippen LogP contribution < -0.4 is 5.32 Å². The summed E-state index contributed by atoms with van der Waals surface area (Å²) in [5.41, 5.74) is -0.700. The van der Waals surface area contributed by atoms with Gasteiger partial charge >= 0.3 is 0 Å². The van der Waals surface area contributed by atoms with Gasteiger partial charge in [-0.15, -0.1) is 0 Å². The number of nitrogens with zero attached hydrogens (tertiary/aromatic N) is 2. The lowest BCUT2D eigenvalue weighted by Gasteiger charge is -2.31. The van der Waals surface area contributed by atoms with Crippen molar-refractivity contribution in [2.24, 2.45) is 0 Å². The van der Waals surface area contributed by atoms with E-state index < -0.39 is 5.60 Å². The van der Waals surface area contributed by atoms with Crippen LogP contribution in [0.4, 0.5) is 5.95 Å². The second-order valence-corrected chi connectivity index (χ2v) is 4.83. The van der Waals surface area contributed by atoms with Gasteiger partial charge in [-0.1, -0.05) is 0 Å². The van der Waals surface area contributed by atoms with Gasteiger partial charge in [0.05, 0.1) is 10.1 Å². The third-order valence-corrected chi connectivity index (χ3v) is 3.03. The molecule has 0 amide bonds. The Hall–Kier alpha value is -0.720. The van der Waals surface area contributed by atoms with Crippen molar-refractivity contribution in [3.05, 3.63) is 16.9 Å². The van der Waals surface area contributed by atoms with Gasteiger partial charge in [-0.05, 0) is 15.9 Å². The second kappa shape index (κ2) is 5.07. The number of hydrogen-bond acceptors (Lipinski definition) is 5. The van der Waals surface area contributed by atoms with Crippen LogP contribution in [0.2, 0.25) is 0 Å². The molecule has 88 valence electrons. The zero-order valence-corrected chi connectivity index (χ0v) is 10.4. The number of anilines is 1. The van der Waals surface area contributed by atoms with Crippen LogP contribution in [0.1, 0.15) is 12.8 Å². The Morgan fingerprint density at radius 2 is 2.00 bits per heavy atom. The molecule has 0 radical (unpaired) electrons. The fourth-order valence-corrected chi connectivity index (χ4v) is 1.78. The molecule has 0 unspecified atom stereocenters. The van der Waals surface area contributed by atoms with Crippen molar-refractivity contribution in [1.29, 1.82) is 0 Å². The number of hydrogen-bond donors (Lipinski definition) is 2. The fourth-order valence-electron chi connectivity index (χ4n) is 1.58. The first kappa shape index (κ1) is 11.8. The van der Waals surface area contributed by atoms with Crippen LogP contribution in [-0.4, -0.2) is 40.4 Å². The van der Waals surface area contributed by atoms with Gasteiger partial charge in [-0.25, -0.2) is 9.97 Å². The summed E-state index contributed by atoms with van der Waals surface area (Å²) in [4.78, 5) is 8.16. The summed E-state index contributed by atoms with van der Waals surface area (Å²) in [6.45, 7) is 1.68. The predicted molar refractivity (Wildman–Crippen MR) is 63.2 cm³/mol. The van der Waals surface area contributed by atoms with Crippen molar-refractivity contribution in [3.63, 3.8) is 0 Å². The highest BCUT2D eigenvalue weighted by Crippen LogP contribution is 2.20. The highest BCUT2D eigenvalue weighted by Gasteiger charge is 2.29. The average molecular weight is 288 g/mol. The van der Waals surface area contributed by atoms with Crippen molar-refractivity contribution in [2.45, 2.75) is 18.4 Å². The molecule has 0 saturated carbocycles. The number of ether oxygens (including phenoxy) is 1. The van der Waals surface area contributed by atoms with Crippen LogP contribution >= 0.6 is 15.9 Å². The molecule has 5 nitrogen and oxygen atoms in total. The molecule has 1 aliphatic rings. The molecular formula is C10H14BrN3O2. The maximum absolute atomic E-state index is 10.2. The summed E-state index contributed by atoms with van der Waals surface area (Å²) in [6.07, 6.45) is 4.64. The minimum atomic E-state index is -0.700. The van der Waals surface area contributed by atoms with Gasteiger partial charge in [0.25, 0.3) is 0 Å². The lowest BCUT2D eigenvalue weighted by Crippen LogP contribution is -2.42. The molecule has 0 bridgehead atoms. The zero-order chi connectivity index (χ0) is 11.4. The van der Waals surface area contributed by atoms with Crippen LogP contribution in [0, 0.1) is 0 Å². The lowest BCUT2D eigenvalue weighted by molar-refractivity contribution is -0.0544. The highest BCUT2D eigenvalue weighted by molar-refractivity contribution is 9.10. The predicted octanol–water partition coefficient (Wildman–Crippen LogP) is 1.19. The maximum atomic E-state index is 10.2. The van der Waals surface area contributed by atoms with Crippen LogP contribution in [0.3, 0.4) is 0 Å². The van der Waals surface area contributed by atoms with E-state index in [2.05, 4.69) is 31.2 Å². The molecule has 1 aliphatic heterocycles. The Kier molecular flexibility index (Phi) is 3.73. The summed E-state index contributed by atoms with van der Waals surface area (Å²) in [5, 5.41) is 13.2. The van der Waals surface area contributed by atoms with Crippen LogP contribution in [-0.2, 0) is 4.74 Å². The molecule has 2 heterocycles. The zero-order valence-electron chi connectivity index (χ0n) is 8.82. The number of aromatic nitrogens is 2. The minimum Gasteiger partial charge on any atom is -0.388 e. The first-order chi connectivity index (χ1) is 7.68. The van der Waals surface area contributed by atoms with Crippen molar-refractivity contribution in [1.82, 2.24) is 9.97 Å². The first-order valence-corrected chi connectivity index (χ1v) is 5.99. The van der Waals surface area contributed by atoms with E-state index in [-0.39, 0.29) is 0 Å². The van der Waals surface area contributed by atoms with Crippen molar-refractivity contribution in [2.75, 3.05) is 25.1 Å². The van der Waals surface area contributed by atoms with Crippen molar-refractivity contribution in [3.8, 4) is 0 Å². The van der Waals surface area contributed by atoms with Gasteiger partial charge in [-0.3, -0.25) is 0 Å². The molecule has 2 N–H and O–H groups in total. The summed E-state index contributed by atoms with van der Waals surface area (Å²) >= 11 is 3.27. The first-order valence-electron chi connectivity index (χ1n) is 5.20. The van der Waals surface area contributed by atoms with Crippen molar-refractivity contribution < 1.29 is 9.84 Å². The highest BCUT2D eigenvalue weighted by atomic mass is 79.9. The lowest BCUT2D eigenvalue weighted by atomic mass is 9.94. The minimum absolute atomic E-state index is 0.456. The normalized spacial score (nSPS) is 19.4. The molecule has 1 fully saturated rings. The number of rotatable bonds is 3. The van der Waals surface area contributed by atoms with E-state index in [9.17, 15) is 5.11 Å². The van der Waals surface area contributed by atoms with Crippen LogP contribution in [0.15, 0.2) is 16.9 Å². The summed E-state index contributed by atoms with van der Waals surface area (Å²) in [6, 6.07) is 0. The average Bonchev–Trinajstić information content (AvgIpc) is 2.29. The van der Waals surface area contributed by atoms with Gasteiger partial charge in [0.2, 0.25) is 5.95 Å². The summed E-state index contributed by atoms with van der Waals surface area (Å²) in [7, 11) is 0. The quantitative estimate of drug-likeness (QED) is 0.874. The SMILES string of the molecule is OC1(CNc2ncc(Br)cn2)CCOCC1. The summed E-state index contributed by atoms with van der Waals surface area (Å²) in [5.74, 6) is 0.531. The molecule has 1 saturated heterocycles. The van der Waals surface area contributed by atoms with Crippen LogP contribution in [0.5, 0.6) is 0 Å². The third kappa shape index (κ3) is 3.13. The Labute approximate surface area is 102 Å². The van der Waals surface area contributed by atoms with E-state index >= 15 is 0 Å². The third-order valence-electron chi connectivity index (χ3n) is 2.62. The van der Waals surface area contributed by atoms with Gasteiger partial charge in [0.1, 0.15) is 0 Å². The van der Waals surface area contributed by atoms with Gasteiger partial charge in [-0.2, -0.15) is 0 Å². The smallest absolute Gasteiger partial charge is 0.222 e. The molecule has 0 atom stereocenters. The Balaban J connectivity index is 1.88. The van der Waals surface area contributed by atoms with Gasteiger partial charge < -0.3 is 15.2 Å². The topological polar surface area (TPSA) is 67.3 Å². The molecule has 16 heavy (non-hydrogen) atoms. The molecule has 0 aliphatic carbocycles. The fraction of sp³-hybridized carbons (Fsp3) is 0.600. The van der Waals surface area contributed by atoms with E-state index in [1.165, 1.54) is 0 Å². The molecule has 1 aromatic rings. The summed E-state index contributed by atoms with van der Waals surface area (Å²) < 4.78 is 6.04. The second-order valence-electron chi connectivity index (χ2n) is 3.92. The maximum Gasteiger partial charge on any atom is 0.222 e. The molecule has 2 rings (SSSR count). The van der Waals surface area contributed by atoms with Gasteiger partial charge in [0, 0.05) is 45.0 Å². The number of nitrogens with one attached hydrogen (secondary N) is 1. The molecule has 6 heteroatoms. The Bertz CT molecular complexity index is 338. The standard InChI is InChI=1S/C10H14BrN3O2/c11-8-5-12-9(13-6-8)14-7-10(15)1-3-16-4-2-10/h5-6,15H,1-4,7H2,(H,12,13,14). The molecular weight excluding hydrogens is 274 g/mol. The van der Waals surface area contributed by atoms with E-state index in [0.29, 0.717) is 38.5 Å². The van der Waals surface area contributed by atoms with Crippen molar-refractivity contribution >= 4 is 21.9 Å². The van der Waals surface area contributed by atoms with Crippen LogP contribution in [0.25, 0.3) is 0 Å². The Morgan fingerprint density at radius 3 is 2.62 bits per heavy atom. The largest absolute Gasteiger partial charge is 0.388 e. The van der Waals surface area contributed by atoms with E-state index in [1.54, 1.807) is 12.4 Å². The molecule has 1 aromatic heterocycles. The number of halogens is 1. The van der Waals surface area contributed by atoms with E-state index in [4.69, 9.17) is 4.74 Å². The van der Waals surface area contributed by atoms with E-state index in [1.807, 2.05) is 0 Å².